The number of nitrogens with two attached hydrogens (primary N) is 1. The second kappa shape index (κ2) is 7.01. The normalized spacial score (nSPS) is 18.1. The first-order chi connectivity index (χ1) is 13.9. The molecule has 0 aliphatic carbocycles. The molecule has 0 amide bonds. The van der Waals surface area contributed by atoms with E-state index in [1.165, 1.54) is 13.2 Å². The molecule has 0 radical (unpaired) electrons. The van der Waals surface area contributed by atoms with Gasteiger partial charge in [-0.3, -0.25) is 9.89 Å². The van der Waals surface area contributed by atoms with Crippen molar-refractivity contribution in [1.82, 2.24) is 15.2 Å². The molecule has 8 nitrogen and oxygen atoms in total. The van der Waals surface area contributed by atoms with Crippen molar-refractivity contribution in [3.8, 4) is 0 Å². The van der Waals surface area contributed by atoms with Crippen molar-refractivity contribution in [1.29, 1.82) is 0 Å². The predicted octanol–water partition coefficient (Wildman–Crippen LogP) is 2.75. The number of anilines is 2. The van der Waals surface area contributed by atoms with Crippen molar-refractivity contribution in [2.75, 3.05) is 18.2 Å². The van der Waals surface area contributed by atoms with Crippen molar-refractivity contribution in [2.24, 2.45) is 0 Å². The van der Waals surface area contributed by atoms with Gasteiger partial charge >= 0.3 is 5.97 Å². The summed E-state index contributed by atoms with van der Waals surface area (Å²) in [5, 5.41) is 9.99. The molecule has 9 heteroatoms. The van der Waals surface area contributed by atoms with E-state index in [1.807, 2.05) is 0 Å². The lowest BCUT2D eigenvalue weighted by Crippen LogP contribution is -2.34. The molecule has 4 N–H and O–H groups in total. The molecule has 0 saturated carbocycles. The monoisotopic (exact) mass is 395 g/mol. The Balaban J connectivity index is 1.92. The lowest BCUT2D eigenvalue weighted by molar-refractivity contribution is 0.0595. The number of H-pyrrole nitrogens is 1. The van der Waals surface area contributed by atoms with Gasteiger partial charge in [0.25, 0.3) is 0 Å². The maximum Gasteiger partial charge on any atom is 0.338 e. The summed E-state index contributed by atoms with van der Waals surface area (Å²) in [5.41, 5.74) is 7.23. The zero-order valence-corrected chi connectivity index (χ0v) is 15.7. The van der Waals surface area contributed by atoms with Gasteiger partial charge in [-0.15, -0.1) is 0 Å². The summed E-state index contributed by atoms with van der Waals surface area (Å²) in [7, 11) is 1.18. The van der Waals surface area contributed by atoms with Crippen LogP contribution in [0.5, 0.6) is 0 Å². The van der Waals surface area contributed by atoms with Crippen LogP contribution in [0.3, 0.4) is 0 Å². The van der Waals surface area contributed by atoms with Crippen molar-refractivity contribution in [2.45, 2.75) is 18.9 Å². The Morgan fingerprint density at radius 1 is 1.24 bits per heavy atom. The number of carbonyl (C=O) groups is 2. The molecule has 3 aromatic rings. The maximum absolute atomic E-state index is 14.2. The molecule has 0 spiro atoms. The van der Waals surface area contributed by atoms with Crippen LogP contribution >= 0.6 is 0 Å². The second-order valence-corrected chi connectivity index (χ2v) is 6.77. The number of esters is 1. The summed E-state index contributed by atoms with van der Waals surface area (Å²) in [6.07, 6.45) is 0. The number of aryl methyl sites for hydroxylation is 1. The minimum absolute atomic E-state index is 0.0593. The van der Waals surface area contributed by atoms with Crippen molar-refractivity contribution >= 4 is 23.1 Å². The minimum atomic E-state index is -0.818. The van der Waals surface area contributed by atoms with Crippen molar-refractivity contribution < 1.29 is 18.7 Å². The summed E-state index contributed by atoms with van der Waals surface area (Å²) in [6, 6.07) is 8.60. The zero-order valence-electron chi connectivity index (χ0n) is 15.7. The van der Waals surface area contributed by atoms with Gasteiger partial charge in [-0.05, 0) is 36.8 Å². The molecular weight excluding hydrogens is 377 g/mol. The number of hydrogen-bond donors (Lipinski definition) is 3. The zero-order chi connectivity index (χ0) is 20.7. The number of benzene rings is 2. The molecule has 2 heterocycles. The van der Waals surface area contributed by atoms with Gasteiger partial charge in [0, 0.05) is 11.4 Å². The number of carbonyl (C=O) groups excluding carboxylic acids is 2. The molecule has 29 heavy (non-hydrogen) atoms. The molecule has 1 aromatic heterocycles. The Labute approximate surface area is 165 Å². The van der Waals surface area contributed by atoms with Crippen LogP contribution in [-0.4, -0.2) is 34.0 Å². The number of ketones is 1. The number of nitrogen functional groups attached to an aromatic ring is 1. The number of nitrogens with one attached hydrogen (secondary N) is 2. The average molecular weight is 395 g/mol. The topological polar surface area (TPSA) is 123 Å². The summed E-state index contributed by atoms with van der Waals surface area (Å²) < 4.78 is 18.9. The Kier molecular flexibility index (Phi) is 4.50. The van der Waals surface area contributed by atoms with Crippen LogP contribution in [0.2, 0.25) is 0 Å². The molecule has 0 fully saturated rings. The predicted molar refractivity (Wildman–Crippen MR) is 103 cm³/mol. The number of rotatable bonds is 3. The summed E-state index contributed by atoms with van der Waals surface area (Å²) >= 11 is 0. The third-order valence-electron chi connectivity index (χ3n) is 4.89. The van der Waals surface area contributed by atoms with Crippen LogP contribution in [0.15, 0.2) is 36.4 Å². The summed E-state index contributed by atoms with van der Waals surface area (Å²) in [4.78, 5) is 30.1. The Morgan fingerprint density at radius 2 is 1.97 bits per heavy atom. The molecule has 2 aromatic carbocycles. The molecule has 1 aliphatic rings. The van der Waals surface area contributed by atoms with Crippen LogP contribution in [0.4, 0.5) is 15.8 Å². The Hall–Kier alpha value is -3.75. The van der Waals surface area contributed by atoms with Gasteiger partial charge < -0.3 is 15.8 Å². The lowest BCUT2D eigenvalue weighted by Gasteiger charge is -2.33. The highest BCUT2D eigenvalue weighted by molar-refractivity contribution is 6.14. The van der Waals surface area contributed by atoms with Crippen LogP contribution in [0, 0.1) is 12.7 Å². The fraction of sp³-hybridized carbons (Fsp3) is 0.200. The average Bonchev–Trinajstić information content (AvgIpc) is 3.12. The molecular formula is C20H18FN5O3. The Morgan fingerprint density at radius 3 is 2.59 bits per heavy atom. The minimum Gasteiger partial charge on any atom is -0.465 e. The van der Waals surface area contributed by atoms with E-state index < -0.39 is 29.5 Å². The number of aromatic nitrogens is 3. The molecule has 2 atom stereocenters. The van der Waals surface area contributed by atoms with Crippen LogP contribution in [-0.2, 0) is 4.74 Å². The third kappa shape index (κ3) is 3.20. The number of hydrogen-bond acceptors (Lipinski definition) is 7. The van der Waals surface area contributed by atoms with Gasteiger partial charge in [-0.25, -0.2) is 14.2 Å². The number of methoxy groups -OCH3 is 1. The maximum atomic E-state index is 14.2. The number of halogens is 1. The van der Waals surface area contributed by atoms with Gasteiger partial charge in [0.2, 0.25) is 0 Å². The summed E-state index contributed by atoms with van der Waals surface area (Å²) in [6.45, 7) is 1.70. The van der Waals surface area contributed by atoms with Gasteiger partial charge in [0.15, 0.2) is 5.78 Å². The number of fused-ring (bicyclic) bond motifs is 1. The third-order valence-corrected chi connectivity index (χ3v) is 4.89. The SMILES string of the molecule is COC(=O)c1cc(F)cc2c1C(=O)C(c1nc(C)n[nH]1)C(c1ccc(N)cc1)N2. The van der Waals surface area contributed by atoms with Crippen LogP contribution < -0.4 is 11.1 Å². The molecule has 1 aliphatic heterocycles. The van der Waals surface area contributed by atoms with E-state index in [1.54, 1.807) is 31.2 Å². The summed E-state index contributed by atoms with van der Waals surface area (Å²) in [5.74, 6) is -1.85. The second-order valence-electron chi connectivity index (χ2n) is 6.77. The van der Waals surface area contributed by atoms with E-state index in [9.17, 15) is 14.0 Å². The smallest absolute Gasteiger partial charge is 0.338 e. The first-order valence-corrected chi connectivity index (χ1v) is 8.86. The van der Waals surface area contributed by atoms with Gasteiger partial charge in [-0.2, -0.15) is 5.10 Å². The molecule has 148 valence electrons. The lowest BCUT2D eigenvalue weighted by atomic mass is 9.80. The van der Waals surface area contributed by atoms with E-state index in [0.717, 1.165) is 11.6 Å². The fourth-order valence-electron chi connectivity index (χ4n) is 3.58. The van der Waals surface area contributed by atoms with Crippen molar-refractivity contribution in [3.63, 3.8) is 0 Å². The highest BCUT2D eigenvalue weighted by Crippen LogP contribution is 2.43. The standard InChI is InChI=1S/C20H18FN5O3/c1-9-23-19(26-25-9)16-17(10-3-5-12(22)6-4-10)24-14-8-11(21)7-13(20(28)29-2)15(14)18(16)27/h3-8,16-17,24H,22H2,1-2H3,(H,23,25,26). The highest BCUT2D eigenvalue weighted by Gasteiger charge is 2.42. The number of ether oxygens (including phenoxy) is 1. The Bertz CT molecular complexity index is 1110. The van der Waals surface area contributed by atoms with E-state index in [-0.39, 0.29) is 16.8 Å². The first-order valence-electron chi connectivity index (χ1n) is 8.86. The van der Waals surface area contributed by atoms with Crippen molar-refractivity contribution in [3.05, 3.63) is 70.6 Å². The molecule has 0 saturated heterocycles. The van der Waals surface area contributed by atoms with E-state index in [4.69, 9.17) is 10.5 Å². The number of Topliss-reactive ketones (excluding diaryl/α,β-unsaturated/α-hetero) is 1. The highest BCUT2D eigenvalue weighted by atomic mass is 19.1. The molecule has 2 unspecified atom stereocenters. The quantitative estimate of drug-likeness (QED) is 0.460. The van der Waals surface area contributed by atoms with Crippen LogP contribution in [0.1, 0.15) is 49.9 Å². The fourth-order valence-corrected chi connectivity index (χ4v) is 3.58. The first kappa shape index (κ1) is 18.6. The van der Waals surface area contributed by atoms with E-state index in [2.05, 4.69) is 20.5 Å². The van der Waals surface area contributed by atoms with Gasteiger partial charge in [0.1, 0.15) is 23.4 Å². The van der Waals surface area contributed by atoms with Crippen LogP contribution in [0.25, 0.3) is 0 Å². The van der Waals surface area contributed by atoms with E-state index in [0.29, 0.717) is 17.3 Å². The number of nitrogens with zero attached hydrogens (tertiary/aromatic N) is 2. The van der Waals surface area contributed by atoms with E-state index >= 15 is 0 Å². The number of aromatic amines is 1. The van der Waals surface area contributed by atoms with Gasteiger partial charge in [-0.1, -0.05) is 12.1 Å². The largest absolute Gasteiger partial charge is 0.465 e. The molecule has 4 rings (SSSR count). The molecule has 0 bridgehead atoms. The van der Waals surface area contributed by atoms with Gasteiger partial charge in [0.05, 0.1) is 24.3 Å².